The van der Waals surface area contributed by atoms with Gasteiger partial charge in [-0.2, -0.15) is 0 Å². The smallest absolute Gasteiger partial charge is 0.121 e. The number of methoxy groups -OCH3 is 1. The van der Waals surface area contributed by atoms with Crippen molar-refractivity contribution in [2.45, 2.75) is 25.5 Å². The average molecular weight is 280 g/mol. The zero-order valence-electron chi connectivity index (χ0n) is 12.0. The Hall–Kier alpha value is -1.30. The molecule has 0 radical (unpaired) electrons. The van der Waals surface area contributed by atoms with E-state index < -0.39 is 0 Å². The molecule has 0 spiro atoms. The van der Waals surface area contributed by atoms with Crippen molar-refractivity contribution in [1.82, 2.24) is 4.90 Å². The second-order valence-corrected chi connectivity index (χ2v) is 5.18. The summed E-state index contributed by atoms with van der Waals surface area (Å²) in [5.41, 5.74) is 7.79. The van der Waals surface area contributed by atoms with Crippen LogP contribution in [-0.4, -0.2) is 49.5 Å². The lowest BCUT2D eigenvalue weighted by atomic mass is 10.1. The zero-order valence-corrected chi connectivity index (χ0v) is 12.0. The molecule has 0 amide bonds. The minimum atomic E-state index is 0.100. The highest BCUT2D eigenvalue weighted by Crippen LogP contribution is 2.21. The lowest BCUT2D eigenvalue weighted by Crippen LogP contribution is -2.36. The third-order valence-corrected chi connectivity index (χ3v) is 3.61. The molecule has 0 atom stereocenters. The Morgan fingerprint density at radius 1 is 1.30 bits per heavy atom. The van der Waals surface area contributed by atoms with Crippen LogP contribution in [-0.2, 0) is 11.3 Å². The van der Waals surface area contributed by atoms with Crippen molar-refractivity contribution in [3.63, 3.8) is 0 Å². The lowest BCUT2D eigenvalue weighted by Gasteiger charge is -2.31. The van der Waals surface area contributed by atoms with Crippen LogP contribution in [0.25, 0.3) is 0 Å². The van der Waals surface area contributed by atoms with Crippen LogP contribution >= 0.6 is 0 Å². The van der Waals surface area contributed by atoms with E-state index in [0.29, 0.717) is 6.61 Å². The Morgan fingerprint density at radius 2 is 2.05 bits per heavy atom. The summed E-state index contributed by atoms with van der Waals surface area (Å²) in [6.07, 6.45) is 2.31. The van der Waals surface area contributed by atoms with Gasteiger partial charge in [0.05, 0.1) is 26.4 Å². The summed E-state index contributed by atoms with van der Waals surface area (Å²) >= 11 is 0. The zero-order chi connectivity index (χ0) is 14.4. The van der Waals surface area contributed by atoms with Crippen molar-refractivity contribution in [2.24, 2.45) is 0 Å². The highest BCUT2D eigenvalue weighted by atomic mass is 16.5. The molecule has 1 aliphatic rings. The van der Waals surface area contributed by atoms with Crippen LogP contribution in [0.3, 0.4) is 0 Å². The maximum Gasteiger partial charge on any atom is 0.121 e. The lowest BCUT2D eigenvalue weighted by molar-refractivity contribution is -0.00901. The number of nitrogens with two attached hydrogens (primary N) is 1. The van der Waals surface area contributed by atoms with E-state index in [1.165, 1.54) is 5.56 Å². The van der Waals surface area contributed by atoms with E-state index in [0.717, 1.165) is 43.9 Å². The van der Waals surface area contributed by atoms with Gasteiger partial charge >= 0.3 is 0 Å². The van der Waals surface area contributed by atoms with Gasteiger partial charge in [0, 0.05) is 31.4 Å². The van der Waals surface area contributed by atoms with Crippen LogP contribution < -0.4 is 10.5 Å². The summed E-state index contributed by atoms with van der Waals surface area (Å²) in [7, 11) is 1.66. The molecular formula is C15H24N2O3. The van der Waals surface area contributed by atoms with Gasteiger partial charge in [0.25, 0.3) is 0 Å². The van der Waals surface area contributed by atoms with Crippen molar-refractivity contribution in [1.29, 1.82) is 0 Å². The Bertz CT molecular complexity index is 418. The van der Waals surface area contributed by atoms with Crippen LogP contribution in [0.2, 0.25) is 0 Å². The number of hydrogen-bond donors (Lipinski definition) is 2. The van der Waals surface area contributed by atoms with Crippen molar-refractivity contribution in [2.75, 3.05) is 39.1 Å². The van der Waals surface area contributed by atoms with E-state index in [4.69, 9.17) is 20.3 Å². The molecule has 1 fully saturated rings. The van der Waals surface area contributed by atoms with E-state index >= 15 is 0 Å². The highest BCUT2D eigenvalue weighted by molar-refractivity contribution is 5.47. The number of aliphatic hydroxyl groups excluding tert-OH is 1. The quantitative estimate of drug-likeness (QED) is 0.768. The van der Waals surface area contributed by atoms with Crippen LogP contribution in [0.5, 0.6) is 5.75 Å². The average Bonchev–Trinajstić information content (AvgIpc) is 2.46. The Kier molecular flexibility index (Phi) is 5.64. The van der Waals surface area contributed by atoms with Crippen LogP contribution in [0.4, 0.5) is 5.69 Å². The molecule has 1 aromatic carbocycles. The second kappa shape index (κ2) is 7.47. The fourth-order valence-corrected chi connectivity index (χ4v) is 2.61. The van der Waals surface area contributed by atoms with E-state index in [-0.39, 0.29) is 12.7 Å². The van der Waals surface area contributed by atoms with Gasteiger partial charge < -0.3 is 20.3 Å². The number of benzene rings is 1. The molecule has 0 aliphatic carbocycles. The van der Waals surface area contributed by atoms with Gasteiger partial charge in [-0.1, -0.05) is 0 Å². The van der Waals surface area contributed by atoms with Crippen LogP contribution in [0.15, 0.2) is 18.2 Å². The summed E-state index contributed by atoms with van der Waals surface area (Å²) in [6.45, 7) is 3.44. The number of nitrogen functional groups attached to an aromatic ring is 1. The van der Waals surface area contributed by atoms with Gasteiger partial charge in [-0.3, -0.25) is 4.90 Å². The monoisotopic (exact) mass is 280 g/mol. The summed E-state index contributed by atoms with van der Waals surface area (Å²) < 4.78 is 10.8. The Morgan fingerprint density at radius 3 is 2.70 bits per heavy atom. The molecule has 20 heavy (non-hydrogen) atoms. The Balaban J connectivity index is 1.84. The molecule has 1 aromatic rings. The van der Waals surface area contributed by atoms with E-state index in [9.17, 15) is 0 Å². The van der Waals surface area contributed by atoms with Crippen molar-refractivity contribution < 1.29 is 14.6 Å². The number of rotatable bonds is 6. The number of likely N-dealkylation sites (tertiary alicyclic amines) is 1. The number of ether oxygens (including phenoxy) is 2. The number of anilines is 1. The molecule has 5 nitrogen and oxygen atoms in total. The molecule has 0 bridgehead atoms. The predicted octanol–water partition coefficient (Wildman–Crippen LogP) is 1.25. The largest absolute Gasteiger partial charge is 0.497 e. The molecule has 3 N–H and O–H groups in total. The predicted molar refractivity (Wildman–Crippen MR) is 78.7 cm³/mol. The maximum absolute atomic E-state index is 8.76. The fraction of sp³-hybridized carbons (Fsp3) is 0.600. The first-order valence-electron chi connectivity index (χ1n) is 7.09. The number of hydrogen-bond acceptors (Lipinski definition) is 5. The van der Waals surface area contributed by atoms with E-state index in [1.54, 1.807) is 7.11 Å². The van der Waals surface area contributed by atoms with Crippen LogP contribution in [0, 0.1) is 0 Å². The van der Waals surface area contributed by atoms with E-state index in [2.05, 4.69) is 4.90 Å². The minimum absolute atomic E-state index is 0.100. The van der Waals surface area contributed by atoms with Crippen molar-refractivity contribution in [3.8, 4) is 5.75 Å². The van der Waals surface area contributed by atoms with Crippen molar-refractivity contribution >= 4 is 5.69 Å². The van der Waals surface area contributed by atoms with Gasteiger partial charge in [0.2, 0.25) is 0 Å². The third kappa shape index (κ3) is 4.37. The number of piperidine rings is 1. The third-order valence-electron chi connectivity index (χ3n) is 3.61. The van der Waals surface area contributed by atoms with Gasteiger partial charge in [-0.25, -0.2) is 0 Å². The molecule has 0 unspecified atom stereocenters. The standard InChI is InChI=1S/C15H24N2O3/c1-19-15-9-12(8-13(16)10-15)11-17-4-2-14(3-5-17)20-7-6-18/h8-10,14,18H,2-7,11,16H2,1H3. The summed E-state index contributed by atoms with van der Waals surface area (Å²) in [6, 6.07) is 5.86. The topological polar surface area (TPSA) is 68.0 Å². The molecule has 2 rings (SSSR count). The maximum atomic E-state index is 8.76. The second-order valence-electron chi connectivity index (χ2n) is 5.18. The molecule has 1 saturated heterocycles. The molecule has 112 valence electrons. The first kappa shape index (κ1) is 15.1. The molecule has 0 saturated carbocycles. The van der Waals surface area contributed by atoms with E-state index in [1.807, 2.05) is 18.2 Å². The van der Waals surface area contributed by atoms with Gasteiger partial charge in [0.1, 0.15) is 5.75 Å². The Labute approximate surface area is 120 Å². The van der Waals surface area contributed by atoms with Crippen LogP contribution in [0.1, 0.15) is 18.4 Å². The molecule has 5 heteroatoms. The molecule has 0 aromatic heterocycles. The first-order chi connectivity index (χ1) is 9.71. The number of nitrogens with zero attached hydrogens (tertiary/aromatic N) is 1. The molecule has 1 aliphatic heterocycles. The first-order valence-corrected chi connectivity index (χ1v) is 7.09. The normalized spacial score (nSPS) is 17.3. The SMILES string of the molecule is COc1cc(N)cc(CN2CCC(OCCO)CC2)c1. The minimum Gasteiger partial charge on any atom is -0.497 e. The van der Waals surface area contributed by atoms with Crippen molar-refractivity contribution in [3.05, 3.63) is 23.8 Å². The van der Waals surface area contributed by atoms with Gasteiger partial charge in [0.15, 0.2) is 0 Å². The fourth-order valence-electron chi connectivity index (χ4n) is 2.61. The summed E-state index contributed by atoms with van der Waals surface area (Å²) in [5.74, 6) is 0.807. The molecule has 1 heterocycles. The summed E-state index contributed by atoms with van der Waals surface area (Å²) in [4.78, 5) is 2.40. The molecular weight excluding hydrogens is 256 g/mol. The highest BCUT2D eigenvalue weighted by Gasteiger charge is 2.19. The van der Waals surface area contributed by atoms with Gasteiger partial charge in [-0.05, 0) is 30.5 Å². The number of aliphatic hydroxyl groups is 1. The van der Waals surface area contributed by atoms with Gasteiger partial charge in [-0.15, -0.1) is 0 Å². The summed E-state index contributed by atoms with van der Waals surface area (Å²) in [5, 5.41) is 8.76.